The van der Waals surface area contributed by atoms with Crippen LogP contribution in [0, 0.1) is 6.61 Å². The van der Waals surface area contributed by atoms with Crippen molar-refractivity contribution in [2.45, 2.75) is 142 Å². The Balaban J connectivity index is 2.93. The van der Waals surface area contributed by atoms with Gasteiger partial charge in [-0.15, -0.1) is 0 Å². The van der Waals surface area contributed by atoms with Gasteiger partial charge in [-0.2, -0.15) is 0 Å². The summed E-state index contributed by atoms with van der Waals surface area (Å²) in [6.07, 6.45) is 29.3. The molecule has 0 spiro atoms. The summed E-state index contributed by atoms with van der Waals surface area (Å²) in [4.78, 5) is 0. The molecule has 1 heteroatoms. The molecule has 0 bridgehead atoms. The molecule has 0 heterocycles. The number of aliphatic hydroxyl groups excluding tert-OH is 1. The molecule has 0 aromatic carbocycles. The summed E-state index contributed by atoms with van der Waals surface area (Å²) < 4.78 is 0. The Kier molecular flexibility index (Phi) is 22.9. The number of aliphatic hydroxyl groups is 1. The smallest absolute Gasteiger partial charge is 0.0799 e. The molecule has 0 aromatic rings. The van der Waals surface area contributed by atoms with E-state index in [1.165, 1.54) is 129 Å². The lowest BCUT2D eigenvalue weighted by Gasteiger charge is -2.04. The van der Waals surface area contributed by atoms with E-state index in [4.69, 9.17) is 5.11 Å². The van der Waals surface area contributed by atoms with Gasteiger partial charge in [0.2, 0.25) is 0 Å². The highest BCUT2D eigenvalue weighted by molar-refractivity contribution is 4.52. The molecule has 0 saturated heterocycles. The second-order valence-electron chi connectivity index (χ2n) is 7.69. The van der Waals surface area contributed by atoms with Crippen molar-refractivity contribution in [1.29, 1.82) is 0 Å². The van der Waals surface area contributed by atoms with E-state index in [2.05, 4.69) is 6.92 Å². The van der Waals surface area contributed by atoms with Gasteiger partial charge in [0.15, 0.2) is 0 Å². The van der Waals surface area contributed by atoms with Crippen molar-refractivity contribution in [3.63, 3.8) is 0 Å². The fourth-order valence-corrected chi connectivity index (χ4v) is 3.49. The average molecular weight is 340 g/mol. The van der Waals surface area contributed by atoms with Crippen LogP contribution in [-0.4, -0.2) is 5.11 Å². The largest absolute Gasteiger partial charge is 0.390 e. The molecule has 145 valence electrons. The molecule has 1 nitrogen and oxygen atoms in total. The predicted molar refractivity (Wildman–Crippen MR) is 109 cm³/mol. The van der Waals surface area contributed by atoms with Crippen LogP contribution in [0.5, 0.6) is 0 Å². The lowest BCUT2D eigenvalue weighted by molar-refractivity contribution is 0.367. The summed E-state index contributed by atoms with van der Waals surface area (Å²) >= 11 is 0. The topological polar surface area (TPSA) is 20.2 Å². The molecule has 0 unspecified atom stereocenters. The molecule has 0 aliphatic rings. The van der Waals surface area contributed by atoms with Crippen LogP contribution in [0.1, 0.15) is 142 Å². The second kappa shape index (κ2) is 23.0. The Labute approximate surface area is 154 Å². The summed E-state index contributed by atoms with van der Waals surface area (Å²) in [5.41, 5.74) is 0. The maximum Gasteiger partial charge on any atom is 0.0799 e. The van der Waals surface area contributed by atoms with Crippen molar-refractivity contribution >= 4 is 0 Å². The highest BCUT2D eigenvalue weighted by Crippen LogP contribution is 2.15. The van der Waals surface area contributed by atoms with Crippen LogP contribution in [-0.2, 0) is 0 Å². The zero-order chi connectivity index (χ0) is 17.6. The third-order valence-electron chi connectivity index (χ3n) is 5.19. The molecule has 0 saturated carbocycles. The van der Waals surface area contributed by atoms with Gasteiger partial charge in [0.25, 0.3) is 0 Å². The molecular formula is C23H47O. The van der Waals surface area contributed by atoms with Crippen molar-refractivity contribution in [2.75, 3.05) is 0 Å². The van der Waals surface area contributed by atoms with Gasteiger partial charge in [-0.3, -0.25) is 0 Å². The normalized spacial score (nSPS) is 11.2. The minimum absolute atomic E-state index is 0.874. The Morgan fingerprint density at radius 2 is 0.667 bits per heavy atom. The third kappa shape index (κ3) is 22.0. The van der Waals surface area contributed by atoms with E-state index in [1.54, 1.807) is 0 Å². The predicted octanol–water partition coefficient (Wildman–Crippen LogP) is 8.73. The highest BCUT2D eigenvalue weighted by Gasteiger charge is 1.95. The van der Waals surface area contributed by atoms with Crippen molar-refractivity contribution in [3.05, 3.63) is 6.61 Å². The maximum atomic E-state index is 8.59. The van der Waals surface area contributed by atoms with Gasteiger partial charge in [0.05, 0.1) is 6.61 Å². The summed E-state index contributed by atoms with van der Waals surface area (Å²) in [6, 6.07) is 0. The zero-order valence-corrected chi connectivity index (χ0v) is 16.9. The van der Waals surface area contributed by atoms with Crippen molar-refractivity contribution < 1.29 is 5.11 Å². The minimum atomic E-state index is 0.874. The van der Waals surface area contributed by atoms with Crippen LogP contribution in [0.4, 0.5) is 0 Å². The van der Waals surface area contributed by atoms with Crippen molar-refractivity contribution in [1.82, 2.24) is 0 Å². The van der Waals surface area contributed by atoms with E-state index in [1.807, 2.05) is 0 Å². The highest BCUT2D eigenvalue weighted by atomic mass is 16.2. The van der Waals surface area contributed by atoms with Gasteiger partial charge in [-0.25, -0.2) is 0 Å². The van der Waals surface area contributed by atoms with Gasteiger partial charge >= 0.3 is 0 Å². The molecule has 0 atom stereocenters. The van der Waals surface area contributed by atoms with Gasteiger partial charge in [-0.05, 0) is 6.42 Å². The maximum absolute atomic E-state index is 8.59. The number of hydrogen-bond acceptors (Lipinski definition) is 1. The molecule has 24 heavy (non-hydrogen) atoms. The minimum Gasteiger partial charge on any atom is -0.390 e. The van der Waals surface area contributed by atoms with Crippen LogP contribution in [0.25, 0.3) is 0 Å². The summed E-state index contributed by atoms with van der Waals surface area (Å²) in [7, 11) is 0. The SMILES string of the molecule is CCCCCCCCCCCCCCCCCCCCCC[CH]O. The quantitative estimate of drug-likeness (QED) is 0.207. The van der Waals surface area contributed by atoms with Crippen LogP contribution in [0.15, 0.2) is 0 Å². The van der Waals surface area contributed by atoms with Crippen LogP contribution in [0.3, 0.4) is 0 Å². The molecule has 0 rings (SSSR count). The monoisotopic (exact) mass is 339 g/mol. The van der Waals surface area contributed by atoms with Gasteiger partial charge in [0.1, 0.15) is 0 Å². The summed E-state index contributed by atoms with van der Waals surface area (Å²) in [6.45, 7) is 3.59. The molecule has 0 aliphatic heterocycles. The molecule has 0 aromatic heterocycles. The van der Waals surface area contributed by atoms with Crippen LogP contribution < -0.4 is 0 Å². The Morgan fingerprint density at radius 3 is 0.917 bits per heavy atom. The second-order valence-corrected chi connectivity index (χ2v) is 7.69. The first kappa shape index (κ1) is 24.0. The first-order valence-corrected chi connectivity index (χ1v) is 11.4. The standard InChI is InChI=1S/C23H47O/c1-2-3-4-5-6-7-8-9-10-11-12-13-14-15-16-17-18-19-20-21-22-23-24/h23-24H,2-22H2,1H3. The Morgan fingerprint density at radius 1 is 0.417 bits per heavy atom. The van der Waals surface area contributed by atoms with E-state index in [9.17, 15) is 0 Å². The van der Waals surface area contributed by atoms with Gasteiger partial charge < -0.3 is 5.11 Å². The fraction of sp³-hybridized carbons (Fsp3) is 0.957. The van der Waals surface area contributed by atoms with E-state index in [0.717, 1.165) is 12.8 Å². The van der Waals surface area contributed by atoms with Gasteiger partial charge in [-0.1, -0.05) is 135 Å². The van der Waals surface area contributed by atoms with Crippen LogP contribution >= 0.6 is 0 Å². The number of rotatable bonds is 21. The molecular weight excluding hydrogens is 292 g/mol. The van der Waals surface area contributed by atoms with E-state index >= 15 is 0 Å². The third-order valence-corrected chi connectivity index (χ3v) is 5.19. The number of unbranched alkanes of at least 4 members (excludes halogenated alkanes) is 20. The summed E-state index contributed by atoms with van der Waals surface area (Å²) in [5, 5.41) is 8.59. The average Bonchev–Trinajstić information content (AvgIpc) is 2.60. The molecule has 0 fully saturated rings. The Hall–Kier alpha value is -0.0400. The lowest BCUT2D eigenvalue weighted by atomic mass is 10.0. The van der Waals surface area contributed by atoms with E-state index in [0.29, 0.717) is 0 Å². The van der Waals surface area contributed by atoms with Gasteiger partial charge in [0, 0.05) is 0 Å². The van der Waals surface area contributed by atoms with Crippen molar-refractivity contribution in [2.24, 2.45) is 0 Å². The van der Waals surface area contributed by atoms with E-state index in [-0.39, 0.29) is 0 Å². The zero-order valence-electron chi connectivity index (χ0n) is 16.9. The first-order chi connectivity index (χ1) is 11.9. The Bertz CT molecular complexity index is 180. The number of hydrogen-bond donors (Lipinski definition) is 1. The molecule has 0 amide bonds. The fourth-order valence-electron chi connectivity index (χ4n) is 3.49. The first-order valence-electron chi connectivity index (χ1n) is 11.4. The summed E-state index contributed by atoms with van der Waals surface area (Å²) in [5.74, 6) is 0. The lowest BCUT2D eigenvalue weighted by Crippen LogP contribution is -1.84. The van der Waals surface area contributed by atoms with Crippen LogP contribution in [0.2, 0.25) is 0 Å². The molecule has 1 radical (unpaired) electrons. The van der Waals surface area contributed by atoms with E-state index < -0.39 is 0 Å². The molecule has 1 N–H and O–H groups in total. The molecule has 0 aliphatic carbocycles. The van der Waals surface area contributed by atoms with Crippen molar-refractivity contribution in [3.8, 4) is 0 Å².